The van der Waals surface area contributed by atoms with Gasteiger partial charge in [0, 0.05) is 56.5 Å². The zero-order valence-corrected chi connectivity index (χ0v) is 21.1. The van der Waals surface area contributed by atoms with Gasteiger partial charge in [-0.3, -0.25) is 9.78 Å². The lowest BCUT2D eigenvalue weighted by Gasteiger charge is -2.22. The number of sulfonamides is 1. The van der Waals surface area contributed by atoms with Crippen molar-refractivity contribution in [3.05, 3.63) is 60.7 Å². The van der Waals surface area contributed by atoms with E-state index in [0.717, 1.165) is 12.1 Å². The minimum Gasteiger partial charge on any atom is -0.356 e. The van der Waals surface area contributed by atoms with E-state index in [4.69, 9.17) is 0 Å². The molecule has 1 amide bonds. The molecule has 1 N–H and O–H groups in total. The van der Waals surface area contributed by atoms with Crippen LogP contribution >= 0.6 is 0 Å². The van der Waals surface area contributed by atoms with Crippen LogP contribution in [0, 0.1) is 11.8 Å². The number of nitrogens with one attached hydrogen (secondary N) is 1. The molecule has 36 heavy (non-hydrogen) atoms. The molecular formula is C26H32N6O3S. The summed E-state index contributed by atoms with van der Waals surface area (Å²) in [6.07, 6.45) is 8.11. The molecule has 10 heteroatoms. The number of rotatable bonds is 6. The molecule has 3 aromatic rings. The van der Waals surface area contributed by atoms with Crippen LogP contribution in [0.1, 0.15) is 37.9 Å². The van der Waals surface area contributed by atoms with Gasteiger partial charge in [-0.25, -0.2) is 8.42 Å². The molecule has 1 aromatic carbocycles. The van der Waals surface area contributed by atoms with E-state index in [1.54, 1.807) is 42.7 Å². The summed E-state index contributed by atoms with van der Waals surface area (Å²) in [5.41, 5.74) is 0.842. The fraction of sp³-hybridized carbons (Fsp3) is 0.462. The van der Waals surface area contributed by atoms with Crippen molar-refractivity contribution in [1.82, 2.24) is 29.4 Å². The maximum absolute atomic E-state index is 13.5. The van der Waals surface area contributed by atoms with Crippen molar-refractivity contribution < 1.29 is 13.2 Å². The van der Waals surface area contributed by atoms with Crippen LogP contribution in [0.25, 0.3) is 11.4 Å². The van der Waals surface area contributed by atoms with Crippen LogP contribution < -0.4 is 5.32 Å². The summed E-state index contributed by atoms with van der Waals surface area (Å²) in [5, 5.41) is 12.0. The van der Waals surface area contributed by atoms with Gasteiger partial charge < -0.3 is 9.88 Å². The summed E-state index contributed by atoms with van der Waals surface area (Å²) in [7, 11) is -3.68. The first-order valence-electron chi connectivity index (χ1n) is 12.7. The molecule has 0 spiro atoms. The first-order chi connectivity index (χ1) is 17.5. The lowest BCUT2D eigenvalue weighted by atomic mass is 9.98. The Kier molecular flexibility index (Phi) is 7.43. The lowest BCUT2D eigenvalue weighted by molar-refractivity contribution is -0.125. The minimum absolute atomic E-state index is 0.0520. The Morgan fingerprint density at radius 1 is 0.972 bits per heavy atom. The summed E-state index contributed by atoms with van der Waals surface area (Å²) in [6, 6.07) is 12.3. The number of carbonyl (C=O) groups excluding carboxylic acids is 1. The third kappa shape index (κ3) is 5.65. The first kappa shape index (κ1) is 24.6. The highest BCUT2D eigenvalue weighted by Crippen LogP contribution is 2.28. The molecule has 1 saturated carbocycles. The van der Waals surface area contributed by atoms with Crippen LogP contribution in [-0.2, 0) is 27.8 Å². The molecular weight excluding hydrogens is 476 g/mol. The topological polar surface area (TPSA) is 110 Å². The fourth-order valence-corrected chi connectivity index (χ4v) is 6.20. The van der Waals surface area contributed by atoms with E-state index in [2.05, 4.69) is 20.5 Å². The third-order valence-electron chi connectivity index (χ3n) is 7.01. The monoisotopic (exact) mass is 508 g/mol. The summed E-state index contributed by atoms with van der Waals surface area (Å²) < 4.78 is 30.5. The van der Waals surface area contributed by atoms with Crippen LogP contribution in [0.4, 0.5) is 0 Å². The van der Waals surface area contributed by atoms with Gasteiger partial charge >= 0.3 is 0 Å². The van der Waals surface area contributed by atoms with E-state index in [1.165, 1.54) is 17.1 Å². The van der Waals surface area contributed by atoms with Gasteiger partial charge in [-0.2, -0.15) is 4.31 Å². The van der Waals surface area contributed by atoms with E-state index < -0.39 is 10.0 Å². The molecule has 0 saturated heterocycles. The second-order valence-corrected chi connectivity index (χ2v) is 11.6. The largest absolute Gasteiger partial charge is 0.356 e. The third-order valence-corrected chi connectivity index (χ3v) is 8.92. The van der Waals surface area contributed by atoms with Crippen LogP contribution in [0.15, 0.2) is 59.8 Å². The molecule has 2 aliphatic rings. The number of benzene rings is 1. The average molecular weight is 509 g/mol. The fourth-order valence-electron chi connectivity index (χ4n) is 4.70. The molecule has 0 radical (unpaired) electrons. The maximum Gasteiger partial charge on any atom is 0.243 e. The van der Waals surface area contributed by atoms with Crippen molar-refractivity contribution in [3.63, 3.8) is 0 Å². The molecule has 9 nitrogen and oxygen atoms in total. The zero-order chi connectivity index (χ0) is 25.0. The molecule has 1 unspecified atom stereocenters. The standard InChI is InChI=1S/C26H32N6O3S/c33-26(28-18-20-10-11-20)21-7-5-15-31(36(34,35)23-8-2-1-3-9-23)16-13-24-29-30-25(32(24)17-12-21)22-6-4-14-27-19-22/h1-4,6,8-9,14,19-21H,5,7,10-13,15-18H2,(H,28,33). The predicted molar refractivity (Wildman–Crippen MR) is 135 cm³/mol. The summed E-state index contributed by atoms with van der Waals surface area (Å²) >= 11 is 0. The van der Waals surface area contributed by atoms with Gasteiger partial charge in [-0.15, -0.1) is 10.2 Å². The highest BCUT2D eigenvalue weighted by Gasteiger charge is 2.29. The normalized spacial score (nSPS) is 19.7. The van der Waals surface area contributed by atoms with E-state index in [9.17, 15) is 13.2 Å². The van der Waals surface area contributed by atoms with Crippen molar-refractivity contribution >= 4 is 15.9 Å². The summed E-state index contributed by atoms with van der Waals surface area (Å²) in [4.78, 5) is 17.6. The predicted octanol–water partition coefficient (Wildman–Crippen LogP) is 2.90. The average Bonchev–Trinajstić information content (AvgIpc) is 3.66. The van der Waals surface area contributed by atoms with Gasteiger partial charge in [0.2, 0.25) is 15.9 Å². The number of aromatic nitrogens is 4. The Balaban J connectivity index is 1.44. The van der Waals surface area contributed by atoms with Crippen LogP contribution in [0.2, 0.25) is 0 Å². The highest BCUT2D eigenvalue weighted by molar-refractivity contribution is 7.89. The van der Waals surface area contributed by atoms with Gasteiger partial charge in [0.1, 0.15) is 5.82 Å². The number of nitrogens with zero attached hydrogens (tertiary/aromatic N) is 5. The number of fused-ring (bicyclic) bond motifs is 1. The quantitative estimate of drug-likeness (QED) is 0.548. The number of hydrogen-bond donors (Lipinski definition) is 1. The van der Waals surface area contributed by atoms with Crippen LogP contribution in [0.3, 0.4) is 0 Å². The van der Waals surface area contributed by atoms with E-state index in [-0.39, 0.29) is 16.7 Å². The number of hydrogen-bond acceptors (Lipinski definition) is 6. The Hall–Kier alpha value is -3.11. The van der Waals surface area contributed by atoms with E-state index in [1.807, 2.05) is 16.7 Å². The van der Waals surface area contributed by atoms with Crippen LogP contribution in [-0.4, -0.2) is 58.0 Å². The zero-order valence-electron chi connectivity index (χ0n) is 20.3. The number of carbonyl (C=O) groups is 1. The van der Waals surface area contributed by atoms with E-state index in [0.29, 0.717) is 62.9 Å². The smallest absolute Gasteiger partial charge is 0.243 e. The molecule has 1 aliphatic carbocycles. The van der Waals surface area contributed by atoms with Gasteiger partial charge in [-0.05, 0) is 62.3 Å². The molecule has 1 atom stereocenters. The highest BCUT2D eigenvalue weighted by atomic mass is 32.2. The van der Waals surface area contributed by atoms with Gasteiger partial charge in [0.15, 0.2) is 5.82 Å². The Labute approximate surface area is 212 Å². The van der Waals surface area contributed by atoms with Gasteiger partial charge in [0.05, 0.1) is 4.90 Å². The van der Waals surface area contributed by atoms with Gasteiger partial charge in [-0.1, -0.05) is 18.2 Å². The summed E-state index contributed by atoms with van der Waals surface area (Å²) in [5.74, 6) is 1.84. The number of pyridine rings is 1. The maximum atomic E-state index is 13.5. The van der Waals surface area contributed by atoms with Crippen molar-refractivity contribution in [2.45, 2.75) is 50.0 Å². The molecule has 3 heterocycles. The van der Waals surface area contributed by atoms with E-state index >= 15 is 0 Å². The second kappa shape index (κ2) is 10.9. The first-order valence-corrected chi connectivity index (χ1v) is 14.1. The van der Waals surface area contributed by atoms with Crippen molar-refractivity contribution in [3.8, 4) is 11.4 Å². The van der Waals surface area contributed by atoms with Crippen molar-refractivity contribution in [1.29, 1.82) is 0 Å². The lowest BCUT2D eigenvalue weighted by Crippen LogP contribution is -2.35. The SMILES string of the molecule is O=C(NCC1CC1)C1CCCN(S(=O)(=O)c2ccccc2)CCc2nnc(-c3cccnc3)n2CC1. The van der Waals surface area contributed by atoms with Crippen molar-refractivity contribution in [2.24, 2.45) is 11.8 Å². The Morgan fingerprint density at radius 2 is 1.81 bits per heavy atom. The molecule has 1 fully saturated rings. The van der Waals surface area contributed by atoms with Gasteiger partial charge in [0.25, 0.3) is 0 Å². The molecule has 5 rings (SSSR count). The Morgan fingerprint density at radius 3 is 2.56 bits per heavy atom. The Bertz CT molecular complexity index is 1280. The number of amides is 1. The molecule has 2 aromatic heterocycles. The minimum atomic E-state index is -3.68. The summed E-state index contributed by atoms with van der Waals surface area (Å²) in [6.45, 7) is 1.95. The van der Waals surface area contributed by atoms with Crippen LogP contribution in [0.5, 0.6) is 0 Å². The molecule has 190 valence electrons. The molecule has 0 bridgehead atoms. The van der Waals surface area contributed by atoms with Crippen molar-refractivity contribution in [2.75, 3.05) is 19.6 Å². The molecule has 1 aliphatic heterocycles. The second-order valence-electron chi connectivity index (χ2n) is 9.62.